The van der Waals surface area contributed by atoms with Gasteiger partial charge in [-0.3, -0.25) is 0 Å². The van der Waals surface area contributed by atoms with Crippen LogP contribution in [0.2, 0.25) is 0 Å². The second-order valence-electron chi connectivity index (χ2n) is 1.75. The molecule has 0 aromatic carbocycles. The third kappa shape index (κ3) is 1.48. The Morgan fingerprint density at radius 2 is 2.50 bits per heavy atom. The molecular formula is C4H4N4O3S. The van der Waals surface area contributed by atoms with Crippen molar-refractivity contribution in [2.24, 2.45) is 5.73 Å². The van der Waals surface area contributed by atoms with Gasteiger partial charge >= 0.3 is 6.03 Å². The van der Waals surface area contributed by atoms with Gasteiger partial charge in [0.25, 0.3) is 0 Å². The molecule has 1 aromatic heterocycles. The van der Waals surface area contributed by atoms with E-state index in [4.69, 9.17) is 5.73 Å². The number of hydrogen-bond acceptors (Lipinski definition) is 5. The van der Waals surface area contributed by atoms with Gasteiger partial charge in [0.2, 0.25) is 5.82 Å². The Bertz CT molecular complexity index is 283. The number of rotatable bonds is 2. The van der Waals surface area contributed by atoms with E-state index in [1.807, 2.05) is 0 Å². The highest BCUT2D eigenvalue weighted by Gasteiger charge is 2.25. The van der Waals surface area contributed by atoms with E-state index < -0.39 is 11.1 Å². The van der Waals surface area contributed by atoms with Crippen LogP contribution < -0.4 is 10.7 Å². The van der Waals surface area contributed by atoms with E-state index in [-0.39, 0.29) is 10.8 Å². The summed E-state index contributed by atoms with van der Waals surface area (Å²) in [5.41, 5.74) is 4.74. The normalized spacial score (nSPS) is 9.33. The standard InChI is InChI=1S/C4H4N4O3S/c5-4(9)7(8(10)11)3-1-2-12-6-3/h1-2H,(H2,5,9). The molecule has 1 rings (SSSR count). The number of nitro groups is 1. The first-order valence-electron chi connectivity index (χ1n) is 2.77. The first kappa shape index (κ1) is 8.40. The van der Waals surface area contributed by atoms with E-state index in [1.165, 1.54) is 11.4 Å². The predicted octanol–water partition coefficient (Wildman–Crippen LogP) is 0.220. The Kier molecular flexibility index (Phi) is 2.19. The van der Waals surface area contributed by atoms with E-state index >= 15 is 0 Å². The molecule has 0 fully saturated rings. The summed E-state index contributed by atoms with van der Waals surface area (Å²) in [7, 11) is 0. The minimum Gasteiger partial charge on any atom is -0.347 e. The lowest BCUT2D eigenvalue weighted by atomic mass is 10.6. The zero-order valence-electron chi connectivity index (χ0n) is 5.71. The number of aromatic nitrogens is 1. The summed E-state index contributed by atoms with van der Waals surface area (Å²) < 4.78 is 3.58. The smallest absolute Gasteiger partial charge is 0.347 e. The number of nitrogens with two attached hydrogens (primary N) is 1. The second-order valence-corrected chi connectivity index (χ2v) is 2.41. The topological polar surface area (TPSA) is 102 Å². The molecular weight excluding hydrogens is 184 g/mol. The fourth-order valence-electron chi connectivity index (χ4n) is 0.592. The van der Waals surface area contributed by atoms with Crippen molar-refractivity contribution < 1.29 is 9.83 Å². The van der Waals surface area contributed by atoms with Gasteiger partial charge in [-0.25, -0.2) is 14.9 Å². The van der Waals surface area contributed by atoms with Gasteiger partial charge in [-0.2, -0.15) is 4.37 Å². The minimum atomic E-state index is -1.16. The van der Waals surface area contributed by atoms with Gasteiger partial charge in [-0.15, -0.1) is 0 Å². The van der Waals surface area contributed by atoms with Gasteiger partial charge in [0, 0.05) is 10.4 Å². The molecule has 12 heavy (non-hydrogen) atoms. The highest BCUT2D eigenvalue weighted by molar-refractivity contribution is 7.03. The lowest BCUT2D eigenvalue weighted by molar-refractivity contribution is -0.481. The number of nitrogens with zero attached hydrogens (tertiary/aromatic N) is 3. The van der Waals surface area contributed by atoms with E-state index in [2.05, 4.69) is 4.37 Å². The monoisotopic (exact) mass is 188 g/mol. The lowest BCUT2D eigenvalue weighted by Crippen LogP contribution is -2.40. The van der Waals surface area contributed by atoms with Gasteiger partial charge in [0.15, 0.2) is 5.03 Å². The molecule has 0 atom stereocenters. The van der Waals surface area contributed by atoms with Gasteiger partial charge in [-0.05, 0) is 17.6 Å². The molecule has 0 unspecified atom stereocenters. The minimum absolute atomic E-state index is 0.0718. The Balaban J connectivity index is 2.96. The quantitative estimate of drug-likeness (QED) is 0.529. The van der Waals surface area contributed by atoms with E-state index in [9.17, 15) is 14.9 Å². The van der Waals surface area contributed by atoms with Crippen molar-refractivity contribution in [3.05, 3.63) is 21.6 Å². The average Bonchev–Trinajstić information content (AvgIpc) is 2.37. The molecule has 1 aromatic rings. The number of urea groups is 1. The molecule has 1 heterocycles. The Hall–Kier alpha value is -1.70. The Morgan fingerprint density at radius 1 is 1.83 bits per heavy atom. The van der Waals surface area contributed by atoms with Gasteiger partial charge < -0.3 is 5.73 Å². The molecule has 0 saturated carbocycles. The first-order valence-corrected chi connectivity index (χ1v) is 3.61. The first-order chi connectivity index (χ1) is 5.63. The van der Waals surface area contributed by atoms with Crippen molar-refractivity contribution in [2.75, 3.05) is 5.01 Å². The summed E-state index contributed by atoms with van der Waals surface area (Å²) in [6.07, 6.45) is 0. The van der Waals surface area contributed by atoms with Crippen LogP contribution in [0.25, 0.3) is 0 Å². The molecule has 0 saturated heterocycles. The number of carbonyl (C=O) groups is 1. The number of primary amides is 1. The maximum atomic E-state index is 10.5. The fraction of sp³-hybridized carbons (Fsp3) is 0. The maximum absolute atomic E-state index is 10.5. The molecule has 0 aliphatic rings. The van der Waals surface area contributed by atoms with Crippen LogP contribution in [0.4, 0.5) is 10.6 Å². The molecule has 2 amide bonds. The van der Waals surface area contributed by atoms with Gasteiger partial charge in [-0.1, -0.05) is 0 Å². The number of carbonyl (C=O) groups excluding carboxylic acids is 1. The highest BCUT2D eigenvalue weighted by Crippen LogP contribution is 2.12. The fourth-order valence-corrected chi connectivity index (χ4v) is 1.08. The van der Waals surface area contributed by atoms with Crippen molar-refractivity contribution in [3.63, 3.8) is 0 Å². The zero-order valence-corrected chi connectivity index (χ0v) is 6.52. The van der Waals surface area contributed by atoms with Gasteiger partial charge in [0.05, 0.1) is 0 Å². The third-order valence-corrected chi connectivity index (χ3v) is 1.56. The van der Waals surface area contributed by atoms with E-state index in [1.54, 1.807) is 0 Å². The van der Waals surface area contributed by atoms with Crippen LogP contribution in [-0.2, 0) is 0 Å². The predicted molar refractivity (Wildman–Crippen MR) is 41.2 cm³/mol. The molecule has 64 valence electrons. The SMILES string of the molecule is NC(=O)N(c1ccsn1)[N+](=O)[O-]. The van der Waals surface area contributed by atoms with Crippen LogP contribution in [0.5, 0.6) is 0 Å². The largest absolute Gasteiger partial charge is 0.380 e. The van der Waals surface area contributed by atoms with E-state index in [0.29, 0.717) is 0 Å². The molecule has 0 bridgehead atoms. The number of amides is 2. The summed E-state index contributed by atoms with van der Waals surface area (Å²) in [5.74, 6) is -0.0718. The summed E-state index contributed by atoms with van der Waals surface area (Å²) in [6.45, 7) is 0. The van der Waals surface area contributed by atoms with Crippen LogP contribution in [0, 0.1) is 10.1 Å². The molecule has 2 N–H and O–H groups in total. The zero-order chi connectivity index (χ0) is 9.14. The molecule has 8 heteroatoms. The van der Waals surface area contributed by atoms with Crippen molar-refractivity contribution in [2.45, 2.75) is 0 Å². The van der Waals surface area contributed by atoms with E-state index in [0.717, 1.165) is 11.5 Å². The maximum Gasteiger partial charge on any atom is 0.380 e. The molecule has 7 nitrogen and oxygen atoms in total. The number of anilines is 1. The van der Waals surface area contributed by atoms with Crippen LogP contribution in [0.15, 0.2) is 11.4 Å². The Morgan fingerprint density at radius 3 is 2.83 bits per heavy atom. The van der Waals surface area contributed by atoms with Crippen LogP contribution in [-0.4, -0.2) is 15.4 Å². The van der Waals surface area contributed by atoms with Crippen LogP contribution in [0.1, 0.15) is 0 Å². The molecule has 0 radical (unpaired) electrons. The number of hydrogen-bond donors (Lipinski definition) is 1. The molecule has 0 aliphatic carbocycles. The van der Waals surface area contributed by atoms with Crippen molar-refractivity contribution >= 4 is 23.4 Å². The van der Waals surface area contributed by atoms with Crippen molar-refractivity contribution in [1.29, 1.82) is 0 Å². The summed E-state index contributed by atoms with van der Waals surface area (Å²) in [6, 6.07) is 0.170. The second kappa shape index (κ2) is 3.13. The highest BCUT2D eigenvalue weighted by atomic mass is 32.1. The summed E-state index contributed by atoms with van der Waals surface area (Å²) in [5, 5.41) is 11.0. The van der Waals surface area contributed by atoms with Gasteiger partial charge in [0.1, 0.15) is 0 Å². The Labute approximate surface area is 70.7 Å². The molecule has 0 spiro atoms. The van der Waals surface area contributed by atoms with Crippen LogP contribution in [0.3, 0.4) is 0 Å². The average molecular weight is 188 g/mol. The van der Waals surface area contributed by atoms with Crippen LogP contribution >= 0.6 is 11.5 Å². The summed E-state index contributed by atoms with van der Waals surface area (Å²) in [4.78, 5) is 20.7. The third-order valence-electron chi connectivity index (χ3n) is 1.01. The van der Waals surface area contributed by atoms with Crippen molar-refractivity contribution in [1.82, 2.24) is 4.37 Å². The lowest BCUT2D eigenvalue weighted by Gasteiger charge is -2.03. The van der Waals surface area contributed by atoms with Crippen molar-refractivity contribution in [3.8, 4) is 0 Å². The summed E-state index contributed by atoms with van der Waals surface area (Å²) >= 11 is 0.999. The molecule has 0 aliphatic heterocycles. The number of hydrazine groups is 1.